The first-order chi connectivity index (χ1) is 24.6. The molecular weight excluding hydrogens is 656 g/mol. The van der Waals surface area contributed by atoms with Crippen LogP contribution >= 0.6 is 0 Å². The minimum absolute atomic E-state index is 0.129. The van der Waals surface area contributed by atoms with E-state index in [-0.39, 0.29) is 28.2 Å². The van der Waals surface area contributed by atoms with E-state index in [1.165, 1.54) is 41.0 Å². The van der Waals surface area contributed by atoms with Crippen molar-refractivity contribution in [3.8, 4) is 11.5 Å². The van der Waals surface area contributed by atoms with E-state index in [0.29, 0.717) is 11.0 Å². The SMILES string of the molecule is Cc1cc2nc3c(=O)[nH]c(=O)nc-3n(C[C@H](OC(=O)c3ccccc3)[C@@H](OC(=O)c3ccccc3)[C@H](CO)OC(=O)c3ccccc3)c2cc1C. The number of aliphatic hydroxyl groups is 1. The van der Waals surface area contributed by atoms with E-state index in [9.17, 15) is 29.1 Å². The van der Waals surface area contributed by atoms with Crippen LogP contribution in [0.2, 0.25) is 0 Å². The molecule has 0 aliphatic carbocycles. The summed E-state index contributed by atoms with van der Waals surface area (Å²) in [7, 11) is 0. The van der Waals surface area contributed by atoms with Gasteiger partial charge in [-0.3, -0.25) is 9.78 Å². The van der Waals surface area contributed by atoms with Crippen molar-refractivity contribution in [3.05, 3.63) is 152 Å². The van der Waals surface area contributed by atoms with Crippen LogP contribution in [0.4, 0.5) is 0 Å². The zero-order chi connectivity index (χ0) is 36.1. The first-order valence-electron chi connectivity index (χ1n) is 15.9. The van der Waals surface area contributed by atoms with Crippen LogP contribution in [0.1, 0.15) is 42.2 Å². The van der Waals surface area contributed by atoms with Crippen LogP contribution in [0.3, 0.4) is 0 Å². The summed E-state index contributed by atoms with van der Waals surface area (Å²) in [5.74, 6) is -2.69. The van der Waals surface area contributed by atoms with Crippen LogP contribution in [-0.2, 0) is 20.8 Å². The number of aromatic nitrogens is 4. The number of hydrogen-bond donors (Lipinski definition) is 2. The number of hydrogen-bond acceptors (Lipinski definition) is 11. The van der Waals surface area contributed by atoms with Gasteiger partial charge in [0.15, 0.2) is 29.8 Å². The Bertz CT molecular complexity index is 2290. The molecular formula is C38H32N4O9. The Balaban J connectivity index is 1.53. The second-order valence-corrected chi connectivity index (χ2v) is 11.7. The van der Waals surface area contributed by atoms with Gasteiger partial charge in [0.1, 0.15) is 0 Å². The van der Waals surface area contributed by atoms with Crippen molar-refractivity contribution in [2.75, 3.05) is 6.61 Å². The molecule has 2 heterocycles. The number of esters is 3. The highest BCUT2D eigenvalue weighted by Gasteiger charge is 2.40. The summed E-state index contributed by atoms with van der Waals surface area (Å²) >= 11 is 0. The lowest BCUT2D eigenvalue weighted by Crippen LogP contribution is -2.49. The lowest BCUT2D eigenvalue weighted by Gasteiger charge is -2.33. The van der Waals surface area contributed by atoms with Crippen molar-refractivity contribution in [2.45, 2.75) is 38.7 Å². The van der Waals surface area contributed by atoms with E-state index < -0.39 is 60.6 Å². The number of H-pyrrole nitrogens is 1. The molecule has 0 amide bonds. The largest absolute Gasteiger partial charge is 0.453 e. The third-order valence-electron chi connectivity index (χ3n) is 8.29. The molecule has 0 saturated carbocycles. The summed E-state index contributed by atoms with van der Waals surface area (Å²) < 4.78 is 19.2. The lowest BCUT2D eigenvalue weighted by atomic mass is 10.0. The Morgan fingerprint density at radius 1 is 0.706 bits per heavy atom. The van der Waals surface area contributed by atoms with Crippen molar-refractivity contribution in [2.24, 2.45) is 0 Å². The van der Waals surface area contributed by atoms with E-state index in [1.54, 1.807) is 66.7 Å². The Morgan fingerprint density at radius 2 is 1.20 bits per heavy atom. The number of nitrogens with one attached hydrogen (secondary N) is 1. The molecule has 0 bridgehead atoms. The molecule has 0 unspecified atom stereocenters. The monoisotopic (exact) mass is 688 g/mol. The number of rotatable bonds is 11. The molecule has 0 spiro atoms. The number of aromatic amines is 1. The maximum absolute atomic E-state index is 13.7. The van der Waals surface area contributed by atoms with Crippen molar-refractivity contribution < 1.29 is 33.7 Å². The average Bonchev–Trinajstić information content (AvgIpc) is 3.14. The maximum Gasteiger partial charge on any atom is 0.349 e. The van der Waals surface area contributed by atoms with Crippen molar-refractivity contribution in [3.63, 3.8) is 0 Å². The fourth-order valence-electron chi connectivity index (χ4n) is 5.55. The summed E-state index contributed by atoms with van der Waals surface area (Å²) in [5.41, 5.74) is 0.968. The molecule has 2 N–H and O–H groups in total. The highest BCUT2D eigenvalue weighted by molar-refractivity contribution is 5.91. The number of nitrogens with zero attached hydrogens (tertiary/aromatic N) is 3. The first-order valence-corrected chi connectivity index (χ1v) is 15.9. The number of ether oxygens (including phenoxy) is 3. The molecule has 3 atom stereocenters. The molecule has 0 fully saturated rings. The van der Waals surface area contributed by atoms with Gasteiger partial charge in [-0.05, 0) is 73.5 Å². The summed E-state index contributed by atoms with van der Waals surface area (Å²) in [4.78, 5) is 76.9. The zero-order valence-electron chi connectivity index (χ0n) is 27.5. The number of aryl methyl sites for hydroxylation is 2. The summed E-state index contributed by atoms with van der Waals surface area (Å²) in [6, 6.07) is 27.5. The van der Waals surface area contributed by atoms with E-state index in [2.05, 4.69) is 15.0 Å². The molecule has 4 aromatic carbocycles. The minimum Gasteiger partial charge on any atom is -0.453 e. The summed E-state index contributed by atoms with van der Waals surface area (Å²) in [6.45, 7) is 2.47. The molecule has 0 saturated heterocycles. The fraction of sp³-hybridized carbons (Fsp3) is 0.184. The predicted octanol–water partition coefficient (Wildman–Crippen LogP) is 3.87. The zero-order valence-corrected chi connectivity index (χ0v) is 27.5. The van der Waals surface area contributed by atoms with E-state index in [1.807, 2.05) is 13.8 Å². The molecule has 258 valence electrons. The van der Waals surface area contributed by atoms with Gasteiger partial charge in [0.25, 0.3) is 5.56 Å². The lowest BCUT2D eigenvalue weighted by molar-refractivity contribution is -0.102. The van der Waals surface area contributed by atoms with Crippen LogP contribution in [0.15, 0.2) is 113 Å². The van der Waals surface area contributed by atoms with Crippen LogP contribution < -0.4 is 11.2 Å². The molecule has 2 aliphatic rings. The van der Waals surface area contributed by atoms with Crippen LogP contribution in [-0.4, -0.2) is 67.5 Å². The standard InChI is InChI=1S/C38H32N4O9/c1-22-18-27-28(19-23(22)2)42(33-31(39-27)34(44)41-38(48)40-33)20-29(49-35(45)24-12-6-3-7-13-24)32(51-37(47)26-16-10-5-11-17-26)30(21-43)50-36(46)25-14-8-4-9-15-25/h3-19,29-30,32,43H,20-21H2,1-2H3,(H,41,44,48)/t29-,30-,32+/m0/s1. The van der Waals surface area contributed by atoms with Crippen molar-refractivity contribution in [1.29, 1.82) is 0 Å². The highest BCUT2D eigenvalue weighted by atomic mass is 16.6. The Kier molecular flexibility index (Phi) is 10.1. The molecule has 6 rings (SSSR count). The van der Waals surface area contributed by atoms with Crippen LogP contribution in [0.25, 0.3) is 22.6 Å². The van der Waals surface area contributed by atoms with Gasteiger partial charge in [0, 0.05) is 0 Å². The molecule has 13 nitrogen and oxygen atoms in total. The average molecular weight is 689 g/mol. The van der Waals surface area contributed by atoms with Gasteiger partial charge < -0.3 is 23.9 Å². The highest BCUT2D eigenvalue weighted by Crippen LogP contribution is 2.27. The van der Waals surface area contributed by atoms with Gasteiger partial charge in [-0.2, -0.15) is 4.98 Å². The number of benzene rings is 4. The normalized spacial score (nSPS) is 12.9. The van der Waals surface area contributed by atoms with Crippen molar-refractivity contribution in [1.82, 2.24) is 19.5 Å². The minimum atomic E-state index is -1.64. The first kappa shape index (κ1) is 34.4. The van der Waals surface area contributed by atoms with E-state index in [4.69, 9.17) is 14.2 Å². The van der Waals surface area contributed by atoms with Gasteiger partial charge in [0.2, 0.25) is 0 Å². The van der Waals surface area contributed by atoms with Gasteiger partial charge in [-0.15, -0.1) is 0 Å². The number of carbonyl (C=O) groups is 3. The molecule has 0 radical (unpaired) electrons. The summed E-state index contributed by atoms with van der Waals surface area (Å²) in [5, 5.41) is 10.7. The number of fused-ring (bicyclic) bond motifs is 2. The van der Waals surface area contributed by atoms with Gasteiger partial charge in [-0.25, -0.2) is 24.2 Å². The van der Waals surface area contributed by atoms with E-state index >= 15 is 0 Å². The van der Waals surface area contributed by atoms with Gasteiger partial charge >= 0.3 is 23.6 Å². The third kappa shape index (κ3) is 7.58. The Hall–Kier alpha value is -6.47. The van der Waals surface area contributed by atoms with Crippen LogP contribution in [0, 0.1) is 13.8 Å². The smallest absolute Gasteiger partial charge is 0.349 e. The van der Waals surface area contributed by atoms with E-state index in [0.717, 1.165) is 11.1 Å². The molecule has 4 aromatic rings. The quantitative estimate of drug-likeness (QED) is 0.115. The maximum atomic E-state index is 13.7. The molecule has 0 aromatic heterocycles. The molecule has 51 heavy (non-hydrogen) atoms. The topological polar surface area (TPSA) is 180 Å². The third-order valence-corrected chi connectivity index (χ3v) is 8.29. The Morgan fingerprint density at radius 3 is 1.73 bits per heavy atom. The molecule has 13 heteroatoms. The molecule has 2 aliphatic heterocycles. The number of aliphatic hydroxyl groups excluding tert-OH is 1. The summed E-state index contributed by atoms with van der Waals surface area (Å²) in [6.07, 6.45) is -4.74. The Labute approximate surface area is 290 Å². The van der Waals surface area contributed by atoms with Crippen LogP contribution in [0.5, 0.6) is 0 Å². The fourth-order valence-corrected chi connectivity index (χ4v) is 5.55. The van der Waals surface area contributed by atoms with Gasteiger partial charge in [-0.1, -0.05) is 54.6 Å². The number of carbonyl (C=O) groups excluding carboxylic acids is 3. The second kappa shape index (κ2) is 15.0. The predicted molar refractivity (Wildman–Crippen MR) is 185 cm³/mol. The van der Waals surface area contributed by atoms with Crippen molar-refractivity contribution >= 4 is 28.9 Å². The van der Waals surface area contributed by atoms with Gasteiger partial charge in [0.05, 0.1) is 40.9 Å². The second-order valence-electron chi connectivity index (χ2n) is 11.7.